The monoisotopic (exact) mass is 265 g/mol. The fourth-order valence-corrected chi connectivity index (χ4v) is 2.12. The maximum Gasteiger partial charge on any atom is 0.145 e. The Hall–Kier alpha value is -1.46. The van der Waals surface area contributed by atoms with Crippen molar-refractivity contribution in [2.24, 2.45) is 0 Å². The van der Waals surface area contributed by atoms with Gasteiger partial charge in [-0.2, -0.15) is 0 Å². The number of likely N-dealkylation sites (N-methyl/N-ethyl adjacent to an activating group) is 1. The van der Waals surface area contributed by atoms with Gasteiger partial charge in [0, 0.05) is 38.8 Å². The van der Waals surface area contributed by atoms with E-state index in [4.69, 9.17) is 15.2 Å². The summed E-state index contributed by atoms with van der Waals surface area (Å²) in [4.78, 5) is 4.76. The van der Waals surface area contributed by atoms with Crippen LogP contribution in [0.4, 0.5) is 5.69 Å². The maximum absolute atomic E-state index is 5.88. The van der Waals surface area contributed by atoms with Gasteiger partial charge in [-0.15, -0.1) is 0 Å². The van der Waals surface area contributed by atoms with Crippen LogP contribution in [0, 0.1) is 0 Å². The predicted octanol–water partition coefficient (Wildman–Crippen LogP) is 0.904. The van der Waals surface area contributed by atoms with E-state index in [2.05, 4.69) is 16.8 Å². The summed E-state index contributed by atoms with van der Waals surface area (Å²) < 4.78 is 10.9. The Balaban J connectivity index is 1.79. The summed E-state index contributed by atoms with van der Waals surface area (Å²) in [5, 5.41) is 0. The van der Waals surface area contributed by atoms with Gasteiger partial charge in [0.25, 0.3) is 0 Å². The molecule has 0 saturated carbocycles. The number of nitrogen functional groups attached to an aromatic ring is 1. The number of piperazine rings is 1. The number of ether oxygens (including phenoxy) is 2. The van der Waals surface area contributed by atoms with Crippen LogP contribution in [-0.4, -0.2) is 63.3 Å². The van der Waals surface area contributed by atoms with Crippen molar-refractivity contribution in [1.82, 2.24) is 9.80 Å². The Kier molecular flexibility index (Phi) is 4.87. The third-order valence-electron chi connectivity index (χ3n) is 3.48. The van der Waals surface area contributed by atoms with E-state index >= 15 is 0 Å². The SMILES string of the molecule is COc1ccc(N)c(OCCN2CCN(C)CC2)c1. The molecule has 5 heteroatoms. The van der Waals surface area contributed by atoms with Crippen LogP contribution < -0.4 is 15.2 Å². The molecule has 2 N–H and O–H groups in total. The first kappa shape index (κ1) is 14.0. The Morgan fingerprint density at radius 1 is 1.21 bits per heavy atom. The number of methoxy groups -OCH3 is 1. The van der Waals surface area contributed by atoms with E-state index in [0.717, 1.165) is 38.5 Å². The van der Waals surface area contributed by atoms with Crippen molar-refractivity contribution >= 4 is 5.69 Å². The van der Waals surface area contributed by atoms with Crippen LogP contribution in [0.1, 0.15) is 0 Å². The lowest BCUT2D eigenvalue weighted by Crippen LogP contribution is -2.45. The van der Waals surface area contributed by atoms with E-state index < -0.39 is 0 Å². The molecule has 0 radical (unpaired) electrons. The Morgan fingerprint density at radius 2 is 1.95 bits per heavy atom. The number of nitrogens with two attached hydrogens (primary N) is 1. The van der Waals surface area contributed by atoms with Crippen molar-refractivity contribution < 1.29 is 9.47 Å². The van der Waals surface area contributed by atoms with Crippen LogP contribution >= 0.6 is 0 Å². The average molecular weight is 265 g/mol. The lowest BCUT2D eigenvalue weighted by molar-refractivity contribution is 0.134. The van der Waals surface area contributed by atoms with Crippen LogP contribution in [0.15, 0.2) is 18.2 Å². The van der Waals surface area contributed by atoms with Gasteiger partial charge in [-0.3, -0.25) is 4.90 Å². The highest BCUT2D eigenvalue weighted by molar-refractivity contribution is 5.55. The third kappa shape index (κ3) is 4.01. The lowest BCUT2D eigenvalue weighted by Gasteiger charge is -2.32. The molecule has 106 valence electrons. The molecule has 5 nitrogen and oxygen atoms in total. The lowest BCUT2D eigenvalue weighted by atomic mass is 10.3. The first-order valence-electron chi connectivity index (χ1n) is 6.66. The minimum atomic E-state index is 0.652. The van der Waals surface area contributed by atoms with Crippen LogP contribution in [0.2, 0.25) is 0 Å². The molecule has 0 unspecified atom stereocenters. The van der Waals surface area contributed by atoms with Crippen molar-refractivity contribution in [3.05, 3.63) is 18.2 Å². The first-order valence-corrected chi connectivity index (χ1v) is 6.66. The molecule has 2 rings (SSSR count). The Labute approximate surface area is 114 Å². The van der Waals surface area contributed by atoms with Gasteiger partial charge in [-0.05, 0) is 19.2 Å². The zero-order valence-electron chi connectivity index (χ0n) is 11.8. The number of benzene rings is 1. The minimum Gasteiger partial charge on any atom is -0.497 e. The zero-order chi connectivity index (χ0) is 13.7. The number of rotatable bonds is 5. The van der Waals surface area contributed by atoms with Gasteiger partial charge in [0.1, 0.15) is 18.1 Å². The van der Waals surface area contributed by atoms with Crippen molar-refractivity contribution in [2.45, 2.75) is 0 Å². The van der Waals surface area contributed by atoms with Crippen LogP contribution in [0.3, 0.4) is 0 Å². The summed E-state index contributed by atoms with van der Waals surface area (Å²) in [5.41, 5.74) is 6.53. The molecule has 1 aliphatic rings. The van der Waals surface area contributed by atoms with E-state index in [0.29, 0.717) is 18.0 Å². The summed E-state index contributed by atoms with van der Waals surface area (Å²) in [6.45, 7) is 6.05. The molecule has 1 heterocycles. The molecule has 1 aromatic carbocycles. The quantitative estimate of drug-likeness (QED) is 0.802. The Morgan fingerprint density at radius 3 is 2.63 bits per heavy atom. The van der Waals surface area contributed by atoms with E-state index in [1.807, 2.05) is 18.2 Å². The van der Waals surface area contributed by atoms with Gasteiger partial charge in [0.15, 0.2) is 0 Å². The summed E-state index contributed by atoms with van der Waals surface area (Å²) >= 11 is 0. The summed E-state index contributed by atoms with van der Waals surface area (Å²) in [7, 11) is 3.80. The highest BCUT2D eigenvalue weighted by Crippen LogP contribution is 2.26. The fraction of sp³-hybridized carbons (Fsp3) is 0.571. The Bertz CT molecular complexity index is 404. The fourth-order valence-electron chi connectivity index (χ4n) is 2.12. The molecule has 1 aromatic rings. The summed E-state index contributed by atoms with van der Waals surface area (Å²) in [6, 6.07) is 5.48. The van der Waals surface area contributed by atoms with Gasteiger partial charge < -0.3 is 20.1 Å². The molecule has 1 aliphatic heterocycles. The summed E-state index contributed by atoms with van der Waals surface area (Å²) in [5.74, 6) is 1.47. The van der Waals surface area contributed by atoms with Crippen molar-refractivity contribution in [3.8, 4) is 11.5 Å². The topological polar surface area (TPSA) is 51.0 Å². The zero-order valence-corrected chi connectivity index (χ0v) is 11.8. The first-order chi connectivity index (χ1) is 9.19. The smallest absolute Gasteiger partial charge is 0.145 e. The van der Waals surface area contributed by atoms with Crippen LogP contribution in [-0.2, 0) is 0 Å². The molecular weight excluding hydrogens is 242 g/mol. The highest BCUT2D eigenvalue weighted by Gasteiger charge is 2.13. The third-order valence-corrected chi connectivity index (χ3v) is 3.48. The molecule has 19 heavy (non-hydrogen) atoms. The van der Waals surface area contributed by atoms with Crippen LogP contribution in [0.25, 0.3) is 0 Å². The molecule has 0 atom stereocenters. The molecule has 0 aromatic heterocycles. The van der Waals surface area contributed by atoms with Gasteiger partial charge >= 0.3 is 0 Å². The van der Waals surface area contributed by atoms with E-state index in [1.54, 1.807) is 7.11 Å². The second-order valence-electron chi connectivity index (χ2n) is 4.90. The minimum absolute atomic E-state index is 0.652. The molecular formula is C14H23N3O2. The van der Waals surface area contributed by atoms with Gasteiger partial charge in [-0.25, -0.2) is 0 Å². The molecule has 1 fully saturated rings. The van der Waals surface area contributed by atoms with Crippen molar-refractivity contribution in [2.75, 3.05) is 59.2 Å². The maximum atomic E-state index is 5.88. The molecule has 0 spiro atoms. The van der Waals surface area contributed by atoms with E-state index in [9.17, 15) is 0 Å². The van der Waals surface area contributed by atoms with Crippen LogP contribution in [0.5, 0.6) is 11.5 Å². The summed E-state index contributed by atoms with van der Waals surface area (Å²) in [6.07, 6.45) is 0. The van der Waals surface area contributed by atoms with Gasteiger partial charge in [-0.1, -0.05) is 0 Å². The van der Waals surface area contributed by atoms with Crippen molar-refractivity contribution in [1.29, 1.82) is 0 Å². The molecule has 0 amide bonds. The second kappa shape index (κ2) is 6.63. The molecule has 1 saturated heterocycles. The van der Waals surface area contributed by atoms with E-state index in [1.165, 1.54) is 0 Å². The molecule has 0 bridgehead atoms. The highest BCUT2D eigenvalue weighted by atomic mass is 16.5. The second-order valence-corrected chi connectivity index (χ2v) is 4.90. The van der Waals surface area contributed by atoms with Gasteiger partial charge in [0.05, 0.1) is 12.8 Å². The number of hydrogen-bond donors (Lipinski definition) is 1. The average Bonchev–Trinajstić information content (AvgIpc) is 2.43. The standard InChI is InChI=1S/C14H23N3O2/c1-16-5-7-17(8-6-16)9-10-19-14-11-12(18-2)3-4-13(14)15/h3-4,11H,5-10,15H2,1-2H3. The largest absolute Gasteiger partial charge is 0.497 e. The van der Waals surface area contributed by atoms with E-state index in [-0.39, 0.29) is 0 Å². The molecule has 0 aliphatic carbocycles. The number of hydrogen-bond acceptors (Lipinski definition) is 5. The predicted molar refractivity (Wildman–Crippen MR) is 76.8 cm³/mol. The van der Waals surface area contributed by atoms with Gasteiger partial charge in [0.2, 0.25) is 0 Å². The number of nitrogens with zero attached hydrogens (tertiary/aromatic N) is 2. The normalized spacial score (nSPS) is 17.4. The van der Waals surface area contributed by atoms with Crippen molar-refractivity contribution in [3.63, 3.8) is 0 Å². The number of anilines is 1.